The van der Waals surface area contributed by atoms with Gasteiger partial charge in [-0.25, -0.2) is 0 Å². The molecule has 0 radical (unpaired) electrons. The summed E-state index contributed by atoms with van der Waals surface area (Å²) in [6.45, 7) is 1.87. The first-order chi connectivity index (χ1) is 9.34. The monoisotopic (exact) mass is 291 g/mol. The third-order valence-corrected chi connectivity index (χ3v) is 2.52. The molecule has 0 amide bonds. The minimum Gasteiger partial charge on any atom is -0.409 e. The quantitative estimate of drug-likeness (QED) is 0.326. The third-order valence-electron chi connectivity index (χ3n) is 2.52. The molecule has 0 saturated heterocycles. The molecule has 0 bridgehead atoms. The lowest BCUT2D eigenvalue weighted by Crippen LogP contribution is -2.26. The summed E-state index contributed by atoms with van der Waals surface area (Å²) in [7, 11) is 0. The van der Waals surface area contributed by atoms with Crippen molar-refractivity contribution in [1.29, 1.82) is 0 Å². The lowest BCUT2D eigenvalue weighted by Gasteiger charge is -2.18. The molecule has 0 aliphatic heterocycles. The van der Waals surface area contributed by atoms with Crippen molar-refractivity contribution in [3.05, 3.63) is 24.3 Å². The molecular weight excluding hydrogens is 275 g/mol. The van der Waals surface area contributed by atoms with Gasteiger partial charge in [-0.2, -0.15) is 0 Å². The number of hydrogen-bond acceptors (Lipinski definition) is 4. The number of nitrogens with two attached hydrogens (primary N) is 1. The molecule has 0 aromatic heterocycles. The van der Waals surface area contributed by atoms with Gasteiger partial charge in [-0.3, -0.25) is 0 Å². The van der Waals surface area contributed by atoms with E-state index in [1.165, 1.54) is 18.2 Å². The Morgan fingerprint density at radius 2 is 2.20 bits per heavy atom. The van der Waals surface area contributed by atoms with Gasteiger partial charge >= 0.3 is 6.36 Å². The van der Waals surface area contributed by atoms with Gasteiger partial charge in [0.2, 0.25) is 0 Å². The highest BCUT2D eigenvalue weighted by Crippen LogP contribution is 2.25. The Labute approximate surface area is 114 Å². The number of halogens is 3. The van der Waals surface area contributed by atoms with Crippen molar-refractivity contribution in [3.8, 4) is 5.75 Å². The predicted octanol–water partition coefficient (Wildman–Crippen LogP) is 2.91. The van der Waals surface area contributed by atoms with Crippen LogP contribution in [0.2, 0.25) is 0 Å². The summed E-state index contributed by atoms with van der Waals surface area (Å²) in [5.41, 5.74) is 5.87. The van der Waals surface area contributed by atoms with E-state index in [2.05, 4.69) is 15.2 Å². The maximum atomic E-state index is 12.1. The van der Waals surface area contributed by atoms with Crippen LogP contribution in [0, 0.1) is 0 Å². The van der Waals surface area contributed by atoms with Crippen LogP contribution in [0.4, 0.5) is 18.9 Å². The number of amidine groups is 1. The molecule has 4 N–H and O–H groups in total. The molecule has 1 unspecified atom stereocenters. The fourth-order valence-electron chi connectivity index (χ4n) is 1.61. The van der Waals surface area contributed by atoms with Crippen LogP contribution in [0.15, 0.2) is 29.4 Å². The Morgan fingerprint density at radius 1 is 1.50 bits per heavy atom. The highest BCUT2D eigenvalue weighted by Gasteiger charge is 2.31. The number of nitrogens with zero attached hydrogens (tertiary/aromatic N) is 1. The maximum Gasteiger partial charge on any atom is 0.573 e. The number of nitrogens with one attached hydrogen (secondary N) is 1. The summed E-state index contributed by atoms with van der Waals surface area (Å²) in [5, 5.41) is 14.4. The van der Waals surface area contributed by atoms with Gasteiger partial charge in [-0.1, -0.05) is 18.1 Å². The molecule has 0 fully saturated rings. The molecule has 8 heteroatoms. The SMILES string of the molecule is CCC(CC(N)=NO)Nc1cccc(OC(F)(F)F)c1. The Bertz CT molecular complexity index is 464. The van der Waals surface area contributed by atoms with Crippen molar-refractivity contribution in [3.63, 3.8) is 0 Å². The van der Waals surface area contributed by atoms with Crippen LogP contribution in [-0.4, -0.2) is 23.4 Å². The number of alkyl halides is 3. The molecular formula is C12H16F3N3O2. The second-order valence-electron chi connectivity index (χ2n) is 4.12. The molecule has 0 heterocycles. The largest absolute Gasteiger partial charge is 0.573 e. The first-order valence-corrected chi connectivity index (χ1v) is 5.92. The van der Waals surface area contributed by atoms with E-state index < -0.39 is 6.36 Å². The Kier molecular flexibility index (Phi) is 5.48. The fraction of sp³-hybridized carbons (Fsp3) is 0.417. The molecule has 0 spiro atoms. The number of ether oxygens (including phenoxy) is 1. The van der Waals surface area contributed by atoms with Crippen molar-refractivity contribution in [2.75, 3.05) is 5.32 Å². The topological polar surface area (TPSA) is 79.9 Å². The molecule has 0 aliphatic rings. The average Bonchev–Trinajstić information content (AvgIpc) is 2.36. The van der Waals surface area contributed by atoms with E-state index in [0.29, 0.717) is 12.1 Å². The molecule has 20 heavy (non-hydrogen) atoms. The van der Waals surface area contributed by atoms with Gasteiger partial charge in [-0.15, -0.1) is 13.2 Å². The zero-order valence-electron chi connectivity index (χ0n) is 10.8. The van der Waals surface area contributed by atoms with Gasteiger partial charge in [0.25, 0.3) is 0 Å². The van der Waals surface area contributed by atoms with E-state index in [1.807, 2.05) is 6.92 Å². The van der Waals surface area contributed by atoms with E-state index in [4.69, 9.17) is 10.9 Å². The van der Waals surface area contributed by atoms with Crippen molar-refractivity contribution >= 4 is 11.5 Å². The van der Waals surface area contributed by atoms with Crippen LogP contribution in [0.5, 0.6) is 5.75 Å². The van der Waals surface area contributed by atoms with Gasteiger partial charge in [0, 0.05) is 24.2 Å². The fourth-order valence-corrected chi connectivity index (χ4v) is 1.61. The standard InChI is InChI=1S/C12H16F3N3O2/c1-2-8(7-11(16)18-19)17-9-4-3-5-10(6-9)20-12(13,14)15/h3-6,8,17,19H,2,7H2,1H3,(H2,16,18). The van der Waals surface area contributed by atoms with Crippen LogP contribution in [-0.2, 0) is 0 Å². The molecule has 112 valence electrons. The molecule has 1 atom stereocenters. The Hall–Kier alpha value is -2.12. The predicted molar refractivity (Wildman–Crippen MR) is 68.9 cm³/mol. The summed E-state index contributed by atoms with van der Waals surface area (Å²) in [6.07, 6.45) is -3.80. The molecule has 0 aliphatic carbocycles. The second kappa shape index (κ2) is 6.88. The van der Waals surface area contributed by atoms with Gasteiger partial charge in [0.05, 0.1) is 0 Å². The molecule has 1 aromatic carbocycles. The lowest BCUT2D eigenvalue weighted by atomic mass is 10.1. The van der Waals surface area contributed by atoms with Crippen LogP contribution >= 0.6 is 0 Å². The number of rotatable bonds is 6. The van der Waals surface area contributed by atoms with Crippen molar-refractivity contribution in [2.24, 2.45) is 10.9 Å². The normalized spacial score (nSPS) is 13.9. The molecule has 1 aromatic rings. The first-order valence-electron chi connectivity index (χ1n) is 5.92. The minimum absolute atomic E-state index is 0.0482. The van der Waals surface area contributed by atoms with Gasteiger partial charge in [0.15, 0.2) is 0 Å². The van der Waals surface area contributed by atoms with Crippen LogP contribution in [0.25, 0.3) is 0 Å². The molecule has 1 rings (SSSR count). The summed E-state index contributed by atoms with van der Waals surface area (Å²) in [5.74, 6) is -0.256. The van der Waals surface area contributed by atoms with E-state index in [1.54, 1.807) is 6.07 Å². The third kappa shape index (κ3) is 5.68. The van der Waals surface area contributed by atoms with Gasteiger partial charge in [-0.05, 0) is 18.6 Å². The van der Waals surface area contributed by atoms with E-state index in [9.17, 15) is 13.2 Å². The summed E-state index contributed by atoms with van der Waals surface area (Å²) < 4.78 is 40.2. The van der Waals surface area contributed by atoms with Crippen LogP contribution in [0.3, 0.4) is 0 Å². The number of hydrogen-bond donors (Lipinski definition) is 3. The number of oxime groups is 1. The molecule has 0 saturated carbocycles. The maximum absolute atomic E-state index is 12.1. The van der Waals surface area contributed by atoms with E-state index in [0.717, 1.165) is 0 Å². The highest BCUT2D eigenvalue weighted by atomic mass is 19.4. The van der Waals surface area contributed by atoms with Crippen LogP contribution < -0.4 is 15.8 Å². The summed E-state index contributed by atoms with van der Waals surface area (Å²) in [6, 6.07) is 5.34. The molecule has 5 nitrogen and oxygen atoms in total. The van der Waals surface area contributed by atoms with Gasteiger partial charge < -0.3 is 21.0 Å². The van der Waals surface area contributed by atoms with Gasteiger partial charge in [0.1, 0.15) is 11.6 Å². The first kappa shape index (κ1) is 15.9. The van der Waals surface area contributed by atoms with E-state index >= 15 is 0 Å². The smallest absolute Gasteiger partial charge is 0.409 e. The average molecular weight is 291 g/mol. The Balaban J connectivity index is 2.74. The lowest BCUT2D eigenvalue weighted by molar-refractivity contribution is -0.274. The van der Waals surface area contributed by atoms with Crippen molar-refractivity contribution < 1.29 is 23.1 Å². The van der Waals surface area contributed by atoms with Crippen molar-refractivity contribution in [2.45, 2.75) is 32.2 Å². The van der Waals surface area contributed by atoms with Crippen LogP contribution in [0.1, 0.15) is 19.8 Å². The second-order valence-corrected chi connectivity index (χ2v) is 4.12. The number of benzene rings is 1. The zero-order chi connectivity index (χ0) is 15.2. The number of anilines is 1. The minimum atomic E-state index is -4.73. The summed E-state index contributed by atoms with van der Waals surface area (Å²) >= 11 is 0. The zero-order valence-corrected chi connectivity index (χ0v) is 10.8. The van der Waals surface area contributed by atoms with E-state index in [-0.39, 0.29) is 24.0 Å². The highest BCUT2D eigenvalue weighted by molar-refractivity contribution is 5.80. The Morgan fingerprint density at radius 3 is 2.75 bits per heavy atom. The van der Waals surface area contributed by atoms with Crippen molar-refractivity contribution in [1.82, 2.24) is 0 Å². The summed E-state index contributed by atoms with van der Waals surface area (Å²) in [4.78, 5) is 0.